The van der Waals surface area contributed by atoms with Gasteiger partial charge in [0.1, 0.15) is 0 Å². The van der Waals surface area contributed by atoms with Gasteiger partial charge in [-0.05, 0) is 5.92 Å². The number of rotatable bonds is 16. The predicted molar refractivity (Wildman–Crippen MR) is 94.1 cm³/mol. The van der Waals surface area contributed by atoms with Gasteiger partial charge in [0.2, 0.25) is 0 Å². The van der Waals surface area contributed by atoms with Crippen LogP contribution in [0, 0.1) is 12.8 Å². The summed E-state index contributed by atoms with van der Waals surface area (Å²) in [5.74, 6) is 0.958. The molecule has 0 aromatic carbocycles. The average molecular weight is 282 g/mol. The highest BCUT2D eigenvalue weighted by Gasteiger charge is 2.01. The Morgan fingerprint density at radius 1 is 0.600 bits per heavy atom. The molecule has 1 atom stereocenters. The van der Waals surface area contributed by atoms with E-state index >= 15 is 0 Å². The summed E-state index contributed by atoms with van der Waals surface area (Å²) >= 11 is 0. The lowest BCUT2D eigenvalue weighted by Crippen LogP contribution is -1.95. The van der Waals surface area contributed by atoms with Crippen molar-refractivity contribution in [3.05, 3.63) is 6.92 Å². The molecule has 0 rings (SSSR count). The fourth-order valence-corrected chi connectivity index (χ4v) is 2.97. The van der Waals surface area contributed by atoms with E-state index in [0.29, 0.717) is 0 Å². The Morgan fingerprint density at radius 2 is 1.00 bits per heavy atom. The van der Waals surface area contributed by atoms with Crippen LogP contribution < -0.4 is 0 Å². The number of hydrogen-bond acceptors (Lipinski definition) is 0. The fraction of sp³-hybridized carbons (Fsp3) is 0.950. The Kier molecular flexibility index (Phi) is 17.1. The third-order valence-corrected chi connectivity index (χ3v) is 4.50. The average Bonchev–Trinajstić information content (AvgIpc) is 2.45. The third kappa shape index (κ3) is 16.1. The maximum atomic E-state index is 3.90. The first-order chi connectivity index (χ1) is 9.81. The zero-order chi connectivity index (χ0) is 14.9. The van der Waals surface area contributed by atoms with Gasteiger partial charge in [-0.25, -0.2) is 0 Å². The second-order valence-electron chi connectivity index (χ2n) is 6.78. The van der Waals surface area contributed by atoms with Gasteiger partial charge in [0, 0.05) is 0 Å². The van der Waals surface area contributed by atoms with Gasteiger partial charge >= 0.3 is 0 Å². The highest BCUT2D eigenvalue weighted by molar-refractivity contribution is 4.56. The molecule has 20 heavy (non-hydrogen) atoms. The zero-order valence-corrected chi connectivity index (χ0v) is 14.6. The summed E-state index contributed by atoms with van der Waals surface area (Å²) in [4.78, 5) is 0. The molecule has 0 aromatic rings. The molecule has 0 aliphatic carbocycles. The van der Waals surface area contributed by atoms with E-state index in [1.807, 2.05) is 0 Å². The standard InChI is InChI=1S/C20H41/c1-4-6-8-10-11-12-13-15-17-19-20(3)18-16-14-9-7-5-2/h20H,2,4-19H2,1,3H3. The number of hydrogen-bond donors (Lipinski definition) is 0. The summed E-state index contributed by atoms with van der Waals surface area (Å²) in [7, 11) is 0. The highest BCUT2D eigenvalue weighted by Crippen LogP contribution is 2.18. The molecule has 0 amide bonds. The van der Waals surface area contributed by atoms with E-state index in [1.165, 1.54) is 96.3 Å². The Morgan fingerprint density at radius 3 is 1.45 bits per heavy atom. The van der Waals surface area contributed by atoms with Gasteiger partial charge in [0.15, 0.2) is 0 Å². The van der Waals surface area contributed by atoms with Crippen LogP contribution in [0.4, 0.5) is 0 Å². The van der Waals surface area contributed by atoms with Crippen molar-refractivity contribution in [1.29, 1.82) is 0 Å². The summed E-state index contributed by atoms with van der Waals surface area (Å²) in [6.07, 6.45) is 22.7. The van der Waals surface area contributed by atoms with E-state index in [9.17, 15) is 0 Å². The largest absolute Gasteiger partial charge is 0.0654 e. The Labute approximate surface area is 130 Å². The van der Waals surface area contributed by atoms with Crippen molar-refractivity contribution in [1.82, 2.24) is 0 Å². The van der Waals surface area contributed by atoms with Crippen molar-refractivity contribution in [2.45, 2.75) is 117 Å². The van der Waals surface area contributed by atoms with Crippen LogP contribution in [0.25, 0.3) is 0 Å². The lowest BCUT2D eigenvalue weighted by atomic mass is 9.96. The molecule has 1 unspecified atom stereocenters. The molecule has 0 aliphatic heterocycles. The van der Waals surface area contributed by atoms with Gasteiger partial charge in [0.05, 0.1) is 0 Å². The minimum atomic E-state index is 0.958. The monoisotopic (exact) mass is 281 g/mol. The molecule has 0 N–H and O–H groups in total. The third-order valence-electron chi connectivity index (χ3n) is 4.50. The van der Waals surface area contributed by atoms with E-state index < -0.39 is 0 Å². The summed E-state index contributed by atoms with van der Waals surface area (Å²) < 4.78 is 0. The fourth-order valence-electron chi connectivity index (χ4n) is 2.97. The van der Waals surface area contributed by atoms with Crippen LogP contribution in [0.15, 0.2) is 0 Å². The van der Waals surface area contributed by atoms with Crippen LogP contribution in [-0.4, -0.2) is 0 Å². The molecule has 0 bridgehead atoms. The highest BCUT2D eigenvalue weighted by atomic mass is 14.1. The van der Waals surface area contributed by atoms with Crippen molar-refractivity contribution >= 4 is 0 Å². The molecule has 0 aromatic heterocycles. The van der Waals surface area contributed by atoms with Crippen molar-refractivity contribution in [2.24, 2.45) is 5.92 Å². The summed E-state index contributed by atoms with van der Waals surface area (Å²) in [5.41, 5.74) is 0. The van der Waals surface area contributed by atoms with E-state index in [1.54, 1.807) is 0 Å². The molecule has 0 heterocycles. The topological polar surface area (TPSA) is 0 Å². The normalized spacial score (nSPS) is 12.8. The Hall–Kier alpha value is 0. The molecule has 0 aliphatic rings. The lowest BCUT2D eigenvalue weighted by Gasteiger charge is -2.11. The van der Waals surface area contributed by atoms with Crippen molar-refractivity contribution in [3.63, 3.8) is 0 Å². The first-order valence-electron chi connectivity index (χ1n) is 9.60. The van der Waals surface area contributed by atoms with Crippen molar-refractivity contribution in [2.75, 3.05) is 0 Å². The second kappa shape index (κ2) is 17.1. The first kappa shape index (κ1) is 20.0. The van der Waals surface area contributed by atoms with Crippen molar-refractivity contribution < 1.29 is 0 Å². The molecule has 1 radical (unpaired) electrons. The smallest absolute Gasteiger partial charge is 0.0443 e. The molecule has 0 fully saturated rings. The summed E-state index contributed by atoms with van der Waals surface area (Å²) in [6, 6.07) is 0. The van der Waals surface area contributed by atoms with Gasteiger partial charge < -0.3 is 0 Å². The quantitative estimate of drug-likeness (QED) is 0.254. The molecule has 121 valence electrons. The Balaban J connectivity index is 3.09. The van der Waals surface area contributed by atoms with Gasteiger partial charge in [-0.3, -0.25) is 0 Å². The lowest BCUT2D eigenvalue weighted by molar-refractivity contribution is 0.432. The zero-order valence-electron chi connectivity index (χ0n) is 14.6. The summed E-state index contributed by atoms with van der Waals surface area (Å²) in [5, 5.41) is 0. The molecule has 0 nitrogen and oxygen atoms in total. The maximum absolute atomic E-state index is 3.90. The molecular weight excluding hydrogens is 240 g/mol. The summed E-state index contributed by atoms with van der Waals surface area (Å²) in [6.45, 7) is 8.65. The van der Waals surface area contributed by atoms with E-state index in [-0.39, 0.29) is 0 Å². The van der Waals surface area contributed by atoms with Crippen LogP contribution in [0.5, 0.6) is 0 Å². The molecule has 0 saturated carbocycles. The van der Waals surface area contributed by atoms with E-state index in [4.69, 9.17) is 0 Å². The minimum Gasteiger partial charge on any atom is -0.0654 e. The maximum Gasteiger partial charge on any atom is -0.0443 e. The molecule has 0 spiro atoms. The molecule has 0 heteroatoms. The minimum absolute atomic E-state index is 0.958. The van der Waals surface area contributed by atoms with Gasteiger partial charge in [-0.15, -0.1) is 0 Å². The first-order valence-corrected chi connectivity index (χ1v) is 9.60. The second-order valence-corrected chi connectivity index (χ2v) is 6.78. The number of unbranched alkanes of at least 4 members (excludes halogenated alkanes) is 12. The Bertz CT molecular complexity index is 161. The van der Waals surface area contributed by atoms with Crippen LogP contribution >= 0.6 is 0 Å². The van der Waals surface area contributed by atoms with Crippen LogP contribution in [0.2, 0.25) is 0 Å². The van der Waals surface area contributed by atoms with Gasteiger partial charge in [0.25, 0.3) is 0 Å². The predicted octanol–water partition coefficient (Wildman–Crippen LogP) is 7.72. The van der Waals surface area contributed by atoms with Crippen molar-refractivity contribution in [3.8, 4) is 0 Å². The molecular formula is C20H41. The van der Waals surface area contributed by atoms with Gasteiger partial charge in [-0.2, -0.15) is 0 Å². The van der Waals surface area contributed by atoms with Crippen LogP contribution in [-0.2, 0) is 0 Å². The van der Waals surface area contributed by atoms with Crippen LogP contribution in [0.1, 0.15) is 117 Å². The van der Waals surface area contributed by atoms with Gasteiger partial charge in [-0.1, -0.05) is 124 Å². The van der Waals surface area contributed by atoms with Crippen LogP contribution in [0.3, 0.4) is 0 Å². The SMILES string of the molecule is [CH2]CCCCCCC(C)CCCCCCCCCCC. The molecule has 0 saturated heterocycles. The van der Waals surface area contributed by atoms with E-state index in [2.05, 4.69) is 20.8 Å². The van der Waals surface area contributed by atoms with E-state index in [0.717, 1.165) is 12.3 Å².